The molecular weight excluding hydrogens is 360 g/mol. The number of pyridine rings is 1. The first-order valence-electron chi connectivity index (χ1n) is 9.24. The van der Waals surface area contributed by atoms with E-state index in [4.69, 9.17) is 15.5 Å². The molecular formula is C20H22N4O2S. The highest BCUT2D eigenvalue weighted by atomic mass is 32.2. The van der Waals surface area contributed by atoms with Crippen LogP contribution in [0.2, 0.25) is 0 Å². The van der Waals surface area contributed by atoms with Crippen LogP contribution in [0.25, 0.3) is 17.0 Å². The molecule has 140 valence electrons. The van der Waals surface area contributed by atoms with Gasteiger partial charge < -0.3 is 15.4 Å². The lowest BCUT2D eigenvalue weighted by molar-refractivity contribution is -0.113. The highest BCUT2D eigenvalue weighted by molar-refractivity contribution is 8.18. The van der Waals surface area contributed by atoms with Crippen LogP contribution in [0.3, 0.4) is 0 Å². The largest absolute Gasteiger partial charge is 0.494 e. The van der Waals surface area contributed by atoms with E-state index in [-0.39, 0.29) is 11.1 Å². The lowest BCUT2D eigenvalue weighted by atomic mass is 10.1. The molecule has 0 saturated carbocycles. The number of rotatable bonds is 4. The number of thioether (sulfide) groups is 1. The Kier molecular flexibility index (Phi) is 5.03. The van der Waals surface area contributed by atoms with Crippen molar-refractivity contribution in [3.63, 3.8) is 0 Å². The maximum atomic E-state index is 12.1. The summed E-state index contributed by atoms with van der Waals surface area (Å²) in [5.74, 6) is 1.44. The number of hydrogen-bond donors (Lipinski definition) is 1. The van der Waals surface area contributed by atoms with Gasteiger partial charge in [-0.25, -0.2) is 4.98 Å². The van der Waals surface area contributed by atoms with Crippen molar-refractivity contribution < 1.29 is 9.53 Å². The van der Waals surface area contributed by atoms with Gasteiger partial charge in [-0.05, 0) is 68.3 Å². The van der Waals surface area contributed by atoms with Crippen LogP contribution in [0.4, 0.5) is 5.82 Å². The molecule has 0 spiro atoms. The van der Waals surface area contributed by atoms with E-state index in [2.05, 4.69) is 16.0 Å². The van der Waals surface area contributed by atoms with Gasteiger partial charge in [0.15, 0.2) is 5.17 Å². The van der Waals surface area contributed by atoms with E-state index >= 15 is 0 Å². The smallest absolute Gasteiger partial charge is 0.286 e. The fourth-order valence-electron chi connectivity index (χ4n) is 3.45. The molecule has 0 aliphatic carbocycles. The summed E-state index contributed by atoms with van der Waals surface area (Å²) in [6.07, 6.45) is 5.42. The number of carbonyl (C=O) groups excluding carboxylic acids is 1. The van der Waals surface area contributed by atoms with E-state index in [1.807, 2.05) is 31.2 Å². The summed E-state index contributed by atoms with van der Waals surface area (Å²) in [7, 11) is 0. The van der Waals surface area contributed by atoms with Gasteiger partial charge in [0, 0.05) is 24.0 Å². The molecule has 1 fully saturated rings. The number of carbonyl (C=O) groups is 1. The summed E-state index contributed by atoms with van der Waals surface area (Å²) in [5.41, 5.74) is 7.54. The SMILES string of the molecule is CCOc1ccc2nc(N3CCCCC3)c(/C=C3/SC(N)=NC3=O)cc2c1. The molecule has 1 aromatic heterocycles. The predicted molar refractivity (Wildman–Crippen MR) is 111 cm³/mol. The third kappa shape index (κ3) is 3.78. The molecule has 7 heteroatoms. The number of aromatic nitrogens is 1. The number of benzene rings is 1. The maximum Gasteiger partial charge on any atom is 0.286 e. The summed E-state index contributed by atoms with van der Waals surface area (Å²) >= 11 is 1.21. The van der Waals surface area contributed by atoms with Crippen molar-refractivity contribution in [1.82, 2.24) is 4.98 Å². The molecule has 2 aromatic rings. The minimum absolute atomic E-state index is 0.287. The first kappa shape index (κ1) is 17.9. The van der Waals surface area contributed by atoms with Gasteiger partial charge >= 0.3 is 0 Å². The van der Waals surface area contributed by atoms with Crippen LogP contribution in [0.5, 0.6) is 5.75 Å². The molecule has 6 nitrogen and oxygen atoms in total. The van der Waals surface area contributed by atoms with Crippen molar-refractivity contribution in [2.75, 3.05) is 24.6 Å². The molecule has 2 aliphatic heterocycles. The van der Waals surface area contributed by atoms with Gasteiger partial charge in [0.2, 0.25) is 0 Å². The molecule has 1 amide bonds. The van der Waals surface area contributed by atoms with Crippen molar-refractivity contribution in [3.8, 4) is 5.75 Å². The van der Waals surface area contributed by atoms with Crippen molar-refractivity contribution in [2.24, 2.45) is 10.7 Å². The van der Waals surface area contributed by atoms with Crippen molar-refractivity contribution in [1.29, 1.82) is 0 Å². The Bertz CT molecular complexity index is 948. The number of piperidine rings is 1. The predicted octanol–water partition coefficient (Wildman–Crippen LogP) is 3.55. The van der Waals surface area contributed by atoms with Crippen molar-refractivity contribution >= 4 is 45.6 Å². The molecule has 4 rings (SSSR count). The highest BCUT2D eigenvalue weighted by Crippen LogP contribution is 2.33. The summed E-state index contributed by atoms with van der Waals surface area (Å²) < 4.78 is 5.62. The van der Waals surface area contributed by atoms with E-state index in [1.165, 1.54) is 18.2 Å². The van der Waals surface area contributed by atoms with Gasteiger partial charge in [0.25, 0.3) is 5.91 Å². The second-order valence-electron chi connectivity index (χ2n) is 6.60. The van der Waals surface area contributed by atoms with Gasteiger partial charge in [-0.1, -0.05) is 0 Å². The average molecular weight is 382 g/mol. The van der Waals surface area contributed by atoms with Gasteiger partial charge in [-0.2, -0.15) is 4.99 Å². The van der Waals surface area contributed by atoms with E-state index in [0.29, 0.717) is 11.5 Å². The molecule has 3 heterocycles. The molecule has 0 unspecified atom stereocenters. The Balaban J connectivity index is 1.81. The molecule has 2 aliphatic rings. The lowest BCUT2D eigenvalue weighted by Crippen LogP contribution is -2.30. The van der Waals surface area contributed by atoms with E-state index in [1.54, 1.807) is 0 Å². The molecule has 2 N–H and O–H groups in total. The van der Waals surface area contributed by atoms with Gasteiger partial charge in [0.05, 0.1) is 17.0 Å². The summed E-state index contributed by atoms with van der Waals surface area (Å²) in [6.45, 7) is 4.53. The monoisotopic (exact) mass is 382 g/mol. The quantitative estimate of drug-likeness (QED) is 0.815. The van der Waals surface area contributed by atoms with Crippen molar-refractivity contribution in [3.05, 3.63) is 34.7 Å². The maximum absolute atomic E-state index is 12.1. The first-order chi connectivity index (χ1) is 13.1. The van der Waals surface area contributed by atoms with Crippen LogP contribution in [0.15, 0.2) is 34.2 Å². The fraction of sp³-hybridized carbons (Fsp3) is 0.350. The number of amides is 1. The van der Waals surface area contributed by atoms with Gasteiger partial charge in [0.1, 0.15) is 11.6 Å². The van der Waals surface area contributed by atoms with E-state index in [9.17, 15) is 4.79 Å². The number of ether oxygens (including phenoxy) is 1. The average Bonchev–Trinajstić information content (AvgIpc) is 2.99. The van der Waals surface area contributed by atoms with Crippen LogP contribution in [-0.2, 0) is 4.79 Å². The van der Waals surface area contributed by atoms with Crippen LogP contribution < -0.4 is 15.4 Å². The summed E-state index contributed by atoms with van der Waals surface area (Å²) in [5, 5.41) is 1.27. The van der Waals surface area contributed by atoms with E-state index in [0.717, 1.165) is 54.0 Å². The Morgan fingerprint density at radius 2 is 2.07 bits per heavy atom. The Morgan fingerprint density at radius 1 is 1.26 bits per heavy atom. The number of nitrogens with zero attached hydrogens (tertiary/aromatic N) is 3. The van der Waals surface area contributed by atoms with Crippen LogP contribution >= 0.6 is 11.8 Å². The number of amidine groups is 1. The van der Waals surface area contributed by atoms with Crippen LogP contribution in [0.1, 0.15) is 31.7 Å². The van der Waals surface area contributed by atoms with E-state index < -0.39 is 0 Å². The lowest BCUT2D eigenvalue weighted by Gasteiger charge is -2.29. The molecule has 27 heavy (non-hydrogen) atoms. The number of hydrogen-bond acceptors (Lipinski definition) is 6. The molecule has 0 bridgehead atoms. The zero-order chi connectivity index (χ0) is 18.8. The molecule has 0 radical (unpaired) electrons. The zero-order valence-corrected chi connectivity index (χ0v) is 16.1. The molecule has 1 aromatic carbocycles. The standard InChI is InChI=1S/C20H22N4O2S/c1-2-26-15-6-7-16-13(11-15)10-14(12-17-19(25)23-20(21)27-17)18(22-16)24-8-4-3-5-9-24/h6-7,10-12H,2-5,8-9H2,1H3,(H2,21,23,25)/b17-12+. The first-order valence-corrected chi connectivity index (χ1v) is 10.1. The second-order valence-corrected chi connectivity index (χ2v) is 7.66. The number of nitrogens with two attached hydrogens (primary N) is 1. The Morgan fingerprint density at radius 3 is 2.78 bits per heavy atom. The van der Waals surface area contributed by atoms with Crippen LogP contribution in [-0.4, -0.2) is 35.8 Å². The third-order valence-corrected chi connectivity index (χ3v) is 5.50. The number of fused-ring (bicyclic) bond motifs is 1. The third-order valence-electron chi connectivity index (χ3n) is 4.68. The highest BCUT2D eigenvalue weighted by Gasteiger charge is 2.22. The minimum Gasteiger partial charge on any atom is -0.494 e. The Hall–Kier alpha value is -2.54. The topological polar surface area (TPSA) is 80.8 Å². The number of anilines is 1. The fourth-order valence-corrected chi connectivity index (χ4v) is 4.12. The molecule has 0 atom stereocenters. The Labute approximate surface area is 162 Å². The van der Waals surface area contributed by atoms with Gasteiger partial charge in [-0.15, -0.1) is 0 Å². The number of aliphatic imine (C=N–C) groups is 1. The minimum atomic E-state index is -0.287. The van der Waals surface area contributed by atoms with Gasteiger partial charge in [-0.3, -0.25) is 4.79 Å². The molecule has 1 saturated heterocycles. The second kappa shape index (κ2) is 7.60. The summed E-state index contributed by atoms with van der Waals surface area (Å²) in [4.78, 5) is 23.6. The normalized spacial score (nSPS) is 19.0. The van der Waals surface area contributed by atoms with Crippen molar-refractivity contribution in [2.45, 2.75) is 26.2 Å². The van der Waals surface area contributed by atoms with Crippen LogP contribution in [0, 0.1) is 0 Å². The zero-order valence-electron chi connectivity index (χ0n) is 15.3. The summed E-state index contributed by atoms with van der Waals surface area (Å²) in [6, 6.07) is 8.00.